The number of benzene rings is 2. The van der Waals surface area contributed by atoms with Gasteiger partial charge in [0.05, 0.1) is 0 Å². The molecular weight excluding hydrogens is 358 g/mol. The molecule has 3 aromatic rings. The predicted molar refractivity (Wildman–Crippen MR) is 121 cm³/mol. The number of rotatable bonds is 9. The highest BCUT2D eigenvalue weighted by Gasteiger charge is 2.14. The Hall–Kier alpha value is -2.95. The van der Waals surface area contributed by atoms with Gasteiger partial charge >= 0.3 is 0 Å². The van der Waals surface area contributed by atoms with Gasteiger partial charge in [0.15, 0.2) is 0 Å². The SMILES string of the molecule is CCCCCN(Cc1ccccc1)c1nc(C)nc(Nc2c(C)cccc2C)n1. The number of hydrogen-bond acceptors (Lipinski definition) is 5. The van der Waals surface area contributed by atoms with Crippen LogP contribution >= 0.6 is 0 Å². The van der Waals surface area contributed by atoms with Crippen molar-refractivity contribution < 1.29 is 0 Å². The van der Waals surface area contributed by atoms with E-state index in [-0.39, 0.29) is 0 Å². The van der Waals surface area contributed by atoms with Gasteiger partial charge in [0, 0.05) is 18.8 Å². The fourth-order valence-electron chi connectivity index (χ4n) is 3.39. The molecule has 29 heavy (non-hydrogen) atoms. The second kappa shape index (κ2) is 10.0. The number of unbranched alkanes of at least 4 members (excludes halogenated alkanes) is 2. The molecule has 2 aromatic carbocycles. The molecule has 1 N–H and O–H groups in total. The van der Waals surface area contributed by atoms with E-state index in [0.29, 0.717) is 5.95 Å². The first kappa shape index (κ1) is 20.8. The Labute approximate surface area is 174 Å². The minimum Gasteiger partial charge on any atom is -0.336 e. The average molecular weight is 390 g/mol. The minimum absolute atomic E-state index is 0.596. The summed E-state index contributed by atoms with van der Waals surface area (Å²) in [6.07, 6.45) is 3.51. The Morgan fingerprint density at radius 2 is 1.55 bits per heavy atom. The number of aryl methyl sites for hydroxylation is 3. The molecule has 0 unspecified atom stereocenters. The summed E-state index contributed by atoms with van der Waals surface area (Å²) in [5.41, 5.74) is 4.67. The van der Waals surface area contributed by atoms with Gasteiger partial charge in [-0.25, -0.2) is 0 Å². The molecule has 0 amide bonds. The zero-order valence-electron chi connectivity index (χ0n) is 17.9. The van der Waals surface area contributed by atoms with Gasteiger partial charge in [-0.15, -0.1) is 0 Å². The highest BCUT2D eigenvalue weighted by molar-refractivity contribution is 5.63. The van der Waals surface area contributed by atoms with E-state index in [1.165, 1.54) is 29.5 Å². The molecule has 3 rings (SSSR count). The van der Waals surface area contributed by atoms with Gasteiger partial charge in [0.1, 0.15) is 5.82 Å². The molecule has 5 heteroatoms. The van der Waals surface area contributed by atoms with Crippen molar-refractivity contribution in [2.45, 2.75) is 53.5 Å². The first-order chi connectivity index (χ1) is 14.1. The van der Waals surface area contributed by atoms with Crippen molar-refractivity contribution in [3.8, 4) is 0 Å². The van der Waals surface area contributed by atoms with E-state index in [1.807, 2.05) is 13.0 Å². The van der Waals surface area contributed by atoms with Gasteiger partial charge in [0.25, 0.3) is 0 Å². The Morgan fingerprint density at radius 3 is 2.24 bits per heavy atom. The number of nitrogens with zero attached hydrogens (tertiary/aromatic N) is 4. The lowest BCUT2D eigenvalue weighted by molar-refractivity contribution is 0.660. The molecule has 0 atom stereocenters. The largest absolute Gasteiger partial charge is 0.336 e. The van der Waals surface area contributed by atoms with E-state index >= 15 is 0 Å². The summed E-state index contributed by atoms with van der Waals surface area (Å²) in [5.74, 6) is 2.04. The van der Waals surface area contributed by atoms with Crippen molar-refractivity contribution in [2.24, 2.45) is 0 Å². The third-order valence-electron chi connectivity index (χ3n) is 4.98. The number of anilines is 3. The fraction of sp³-hybridized carbons (Fsp3) is 0.375. The average Bonchev–Trinajstić information content (AvgIpc) is 2.71. The summed E-state index contributed by atoms with van der Waals surface area (Å²) in [6, 6.07) is 16.7. The molecule has 0 radical (unpaired) electrons. The Kier molecular flexibility index (Phi) is 7.17. The summed E-state index contributed by atoms with van der Waals surface area (Å²) in [4.78, 5) is 16.2. The smallest absolute Gasteiger partial charge is 0.232 e. The number of aromatic nitrogens is 3. The molecule has 0 bridgehead atoms. The van der Waals surface area contributed by atoms with Crippen LogP contribution in [0.4, 0.5) is 17.6 Å². The lowest BCUT2D eigenvalue weighted by Crippen LogP contribution is -2.27. The van der Waals surface area contributed by atoms with Crippen molar-refractivity contribution in [3.63, 3.8) is 0 Å². The van der Waals surface area contributed by atoms with Gasteiger partial charge in [-0.3, -0.25) is 0 Å². The number of nitrogens with one attached hydrogen (secondary N) is 1. The monoisotopic (exact) mass is 389 g/mol. The van der Waals surface area contributed by atoms with Crippen LogP contribution in [0.1, 0.15) is 48.7 Å². The lowest BCUT2D eigenvalue weighted by Gasteiger charge is -2.23. The van der Waals surface area contributed by atoms with E-state index in [2.05, 4.69) is 83.4 Å². The first-order valence-corrected chi connectivity index (χ1v) is 10.4. The van der Waals surface area contributed by atoms with Crippen LogP contribution in [-0.2, 0) is 6.54 Å². The minimum atomic E-state index is 0.596. The van der Waals surface area contributed by atoms with E-state index in [4.69, 9.17) is 4.98 Å². The summed E-state index contributed by atoms with van der Waals surface area (Å²) >= 11 is 0. The molecule has 0 fully saturated rings. The molecule has 0 aliphatic carbocycles. The van der Waals surface area contributed by atoms with Gasteiger partial charge < -0.3 is 10.2 Å². The van der Waals surface area contributed by atoms with Crippen LogP contribution in [0, 0.1) is 20.8 Å². The molecule has 5 nitrogen and oxygen atoms in total. The second-order valence-electron chi connectivity index (χ2n) is 7.51. The third-order valence-corrected chi connectivity index (χ3v) is 4.98. The normalized spacial score (nSPS) is 10.8. The molecule has 0 saturated heterocycles. The zero-order chi connectivity index (χ0) is 20.6. The van der Waals surface area contributed by atoms with Crippen LogP contribution < -0.4 is 10.2 Å². The van der Waals surface area contributed by atoms with Crippen LogP contribution in [0.2, 0.25) is 0 Å². The van der Waals surface area contributed by atoms with E-state index < -0.39 is 0 Å². The third kappa shape index (κ3) is 5.76. The van der Waals surface area contributed by atoms with Crippen molar-refractivity contribution >= 4 is 17.6 Å². The molecule has 0 aliphatic heterocycles. The number of para-hydroxylation sites is 1. The summed E-state index contributed by atoms with van der Waals surface area (Å²) in [6.45, 7) is 10.0. The maximum absolute atomic E-state index is 4.78. The fourth-order valence-corrected chi connectivity index (χ4v) is 3.39. The summed E-state index contributed by atoms with van der Waals surface area (Å²) in [5, 5.41) is 3.42. The topological polar surface area (TPSA) is 53.9 Å². The second-order valence-corrected chi connectivity index (χ2v) is 7.51. The first-order valence-electron chi connectivity index (χ1n) is 10.4. The zero-order valence-corrected chi connectivity index (χ0v) is 17.9. The van der Waals surface area contributed by atoms with E-state index in [9.17, 15) is 0 Å². The van der Waals surface area contributed by atoms with Crippen LogP contribution in [0.3, 0.4) is 0 Å². The predicted octanol–water partition coefficient (Wildman–Crippen LogP) is 5.74. The molecular formula is C24H31N5. The quantitative estimate of drug-likeness (QED) is 0.473. The van der Waals surface area contributed by atoms with Crippen molar-refractivity contribution in [1.29, 1.82) is 0 Å². The van der Waals surface area contributed by atoms with Crippen molar-refractivity contribution in [1.82, 2.24) is 15.0 Å². The Balaban J connectivity index is 1.88. The Morgan fingerprint density at radius 1 is 0.828 bits per heavy atom. The summed E-state index contributed by atoms with van der Waals surface area (Å²) in [7, 11) is 0. The standard InChI is InChI=1S/C24H31N5/c1-5-6-10-16-29(17-21-14-8-7-9-15-21)24-26-20(4)25-23(28-24)27-22-18(2)12-11-13-19(22)3/h7-9,11-15H,5-6,10,16-17H2,1-4H3,(H,25,26,27,28). The van der Waals surface area contributed by atoms with Gasteiger partial charge in [-0.05, 0) is 43.9 Å². The molecule has 0 saturated carbocycles. The van der Waals surface area contributed by atoms with Crippen molar-refractivity contribution in [3.05, 3.63) is 71.0 Å². The molecule has 1 heterocycles. The molecule has 152 valence electrons. The summed E-state index contributed by atoms with van der Waals surface area (Å²) < 4.78 is 0. The van der Waals surface area contributed by atoms with Gasteiger partial charge in [-0.2, -0.15) is 15.0 Å². The maximum atomic E-state index is 4.78. The molecule has 0 spiro atoms. The Bertz CT molecular complexity index is 904. The number of hydrogen-bond donors (Lipinski definition) is 1. The molecule has 1 aromatic heterocycles. The van der Waals surface area contributed by atoms with Crippen molar-refractivity contribution in [2.75, 3.05) is 16.8 Å². The van der Waals surface area contributed by atoms with Crippen LogP contribution in [0.25, 0.3) is 0 Å². The lowest BCUT2D eigenvalue weighted by atomic mass is 10.1. The maximum Gasteiger partial charge on any atom is 0.232 e. The highest BCUT2D eigenvalue weighted by Crippen LogP contribution is 2.24. The van der Waals surface area contributed by atoms with Gasteiger partial charge in [-0.1, -0.05) is 68.3 Å². The van der Waals surface area contributed by atoms with E-state index in [0.717, 1.165) is 37.0 Å². The van der Waals surface area contributed by atoms with Gasteiger partial charge in [0.2, 0.25) is 11.9 Å². The van der Waals surface area contributed by atoms with E-state index in [1.54, 1.807) is 0 Å². The van der Waals surface area contributed by atoms with Crippen LogP contribution in [-0.4, -0.2) is 21.5 Å². The molecule has 0 aliphatic rings. The van der Waals surface area contributed by atoms with Crippen LogP contribution in [0.15, 0.2) is 48.5 Å². The van der Waals surface area contributed by atoms with Crippen LogP contribution in [0.5, 0.6) is 0 Å². The highest BCUT2D eigenvalue weighted by atomic mass is 15.3.